The van der Waals surface area contributed by atoms with Crippen LogP contribution in [-0.2, 0) is 6.54 Å². The fraction of sp³-hybridized carbons (Fsp3) is 0.500. The second kappa shape index (κ2) is 4.52. The van der Waals surface area contributed by atoms with Gasteiger partial charge in [-0.05, 0) is 50.3 Å². The molecule has 0 saturated carbocycles. The Balaban J connectivity index is 2.41. The highest BCUT2D eigenvalue weighted by Crippen LogP contribution is 2.28. The van der Waals surface area contributed by atoms with Gasteiger partial charge in [0.2, 0.25) is 0 Å². The molecule has 0 saturated heterocycles. The van der Waals surface area contributed by atoms with Crippen molar-refractivity contribution in [3.8, 4) is 0 Å². The third-order valence-electron chi connectivity index (χ3n) is 3.07. The van der Waals surface area contributed by atoms with Crippen LogP contribution in [0.3, 0.4) is 0 Å². The van der Waals surface area contributed by atoms with E-state index in [9.17, 15) is 0 Å². The lowest BCUT2D eigenvalue weighted by Crippen LogP contribution is -2.20. The fourth-order valence-corrected chi connectivity index (χ4v) is 2.39. The van der Waals surface area contributed by atoms with Crippen LogP contribution in [0.5, 0.6) is 0 Å². The lowest BCUT2D eigenvalue weighted by molar-refractivity contribution is 0.320. The molecule has 0 aliphatic carbocycles. The minimum absolute atomic E-state index is 0.434. The van der Waals surface area contributed by atoms with Gasteiger partial charge in [-0.3, -0.25) is 0 Å². The summed E-state index contributed by atoms with van der Waals surface area (Å²) in [5.74, 6) is 0. The van der Waals surface area contributed by atoms with Crippen molar-refractivity contribution in [3.05, 3.63) is 34.3 Å². The summed E-state index contributed by atoms with van der Waals surface area (Å²) in [5, 5.41) is 4.19. The highest BCUT2D eigenvalue weighted by Gasteiger charge is 2.19. The summed E-state index contributed by atoms with van der Waals surface area (Å²) < 4.78 is 0. The molecule has 0 unspecified atom stereocenters. The van der Waals surface area contributed by atoms with Gasteiger partial charge in [-0.2, -0.15) is 0 Å². The molecule has 0 radical (unpaired) electrons. The number of benzene rings is 1. The molecule has 1 aliphatic rings. The van der Waals surface area contributed by atoms with Crippen molar-refractivity contribution < 1.29 is 0 Å². The van der Waals surface area contributed by atoms with Gasteiger partial charge < -0.3 is 10.2 Å². The molecule has 1 heterocycles. The number of hydrogen-bond acceptors (Lipinski definition) is 2. The highest BCUT2D eigenvalue weighted by atomic mass is 35.5. The zero-order valence-corrected chi connectivity index (χ0v) is 10.0. The topological polar surface area (TPSA) is 15.3 Å². The van der Waals surface area contributed by atoms with Crippen molar-refractivity contribution in [1.82, 2.24) is 10.2 Å². The molecule has 0 bridgehead atoms. The molecule has 1 N–H and O–H groups in total. The van der Waals surface area contributed by atoms with Crippen LogP contribution in [0, 0.1) is 0 Å². The average molecular weight is 225 g/mol. The second-order valence-corrected chi connectivity index (χ2v) is 4.65. The Morgan fingerprint density at radius 1 is 1.47 bits per heavy atom. The maximum absolute atomic E-state index is 6.05. The Labute approximate surface area is 96.2 Å². The normalized spacial score (nSPS) is 22.2. The summed E-state index contributed by atoms with van der Waals surface area (Å²) in [6, 6.07) is 6.65. The summed E-state index contributed by atoms with van der Waals surface area (Å²) in [6.45, 7) is 2.14. The minimum atomic E-state index is 0.434. The van der Waals surface area contributed by atoms with E-state index in [1.165, 1.54) is 11.1 Å². The average Bonchev–Trinajstić information content (AvgIpc) is 2.37. The molecule has 1 aromatic carbocycles. The summed E-state index contributed by atoms with van der Waals surface area (Å²) in [5.41, 5.74) is 2.74. The number of halogens is 1. The first-order valence-corrected chi connectivity index (χ1v) is 5.72. The Morgan fingerprint density at radius 2 is 2.27 bits per heavy atom. The van der Waals surface area contributed by atoms with E-state index in [1.54, 1.807) is 0 Å². The molecule has 0 aromatic heterocycles. The smallest absolute Gasteiger partial charge is 0.0409 e. The number of fused-ring (bicyclic) bond motifs is 1. The number of nitrogens with zero attached hydrogens (tertiary/aromatic N) is 1. The van der Waals surface area contributed by atoms with Crippen LogP contribution >= 0.6 is 11.6 Å². The van der Waals surface area contributed by atoms with Gasteiger partial charge in [-0.1, -0.05) is 17.7 Å². The summed E-state index contributed by atoms with van der Waals surface area (Å²) >= 11 is 6.05. The Kier molecular flexibility index (Phi) is 3.29. The van der Waals surface area contributed by atoms with Gasteiger partial charge >= 0.3 is 0 Å². The van der Waals surface area contributed by atoms with Gasteiger partial charge in [-0.15, -0.1) is 0 Å². The molecule has 0 fully saturated rings. The molecule has 3 heteroatoms. The van der Waals surface area contributed by atoms with Crippen molar-refractivity contribution in [2.45, 2.75) is 19.0 Å². The molecule has 0 amide bonds. The predicted octanol–water partition coefficient (Wildman–Crippen LogP) is 2.44. The molecule has 15 heavy (non-hydrogen) atoms. The maximum Gasteiger partial charge on any atom is 0.0409 e. The van der Waals surface area contributed by atoms with Crippen molar-refractivity contribution in [2.75, 3.05) is 20.6 Å². The molecule has 2 rings (SSSR count). The first-order chi connectivity index (χ1) is 7.20. The van der Waals surface area contributed by atoms with E-state index >= 15 is 0 Å². The molecular weight excluding hydrogens is 208 g/mol. The zero-order chi connectivity index (χ0) is 10.8. The van der Waals surface area contributed by atoms with Crippen molar-refractivity contribution >= 4 is 11.6 Å². The van der Waals surface area contributed by atoms with Crippen LogP contribution in [0.2, 0.25) is 5.02 Å². The van der Waals surface area contributed by atoms with Crippen LogP contribution in [0.4, 0.5) is 0 Å². The monoisotopic (exact) mass is 224 g/mol. The second-order valence-electron chi connectivity index (χ2n) is 4.21. The summed E-state index contributed by atoms with van der Waals surface area (Å²) in [4.78, 5) is 2.35. The van der Waals surface area contributed by atoms with E-state index in [0.717, 1.165) is 24.5 Å². The standard InChI is InChI=1S/C12H17ClN2/c1-14-12-5-6-15(2)8-9-3-4-10(13)7-11(9)12/h3-4,7,12,14H,5-6,8H2,1-2H3/t12-/m0/s1. The summed E-state index contributed by atoms with van der Waals surface area (Å²) in [7, 11) is 4.18. The minimum Gasteiger partial charge on any atom is -0.313 e. The maximum atomic E-state index is 6.05. The van der Waals surface area contributed by atoms with E-state index in [2.05, 4.69) is 29.4 Å². The molecule has 2 nitrogen and oxygen atoms in total. The van der Waals surface area contributed by atoms with Gasteiger partial charge in [0.05, 0.1) is 0 Å². The van der Waals surface area contributed by atoms with Crippen molar-refractivity contribution in [1.29, 1.82) is 0 Å². The number of nitrogens with one attached hydrogen (secondary N) is 1. The Bertz CT molecular complexity index is 351. The highest BCUT2D eigenvalue weighted by molar-refractivity contribution is 6.30. The number of rotatable bonds is 1. The van der Waals surface area contributed by atoms with Crippen LogP contribution < -0.4 is 5.32 Å². The van der Waals surface area contributed by atoms with E-state index in [-0.39, 0.29) is 0 Å². The summed E-state index contributed by atoms with van der Waals surface area (Å²) in [6.07, 6.45) is 1.14. The lowest BCUT2D eigenvalue weighted by Gasteiger charge is -2.16. The largest absolute Gasteiger partial charge is 0.313 e. The number of hydrogen-bond donors (Lipinski definition) is 1. The third kappa shape index (κ3) is 2.33. The molecule has 0 spiro atoms. The van der Waals surface area contributed by atoms with Crippen LogP contribution in [0.25, 0.3) is 0 Å². The third-order valence-corrected chi connectivity index (χ3v) is 3.31. The van der Waals surface area contributed by atoms with Gasteiger partial charge in [-0.25, -0.2) is 0 Å². The van der Waals surface area contributed by atoms with Crippen molar-refractivity contribution in [2.24, 2.45) is 0 Å². The molecule has 1 aliphatic heterocycles. The van der Waals surface area contributed by atoms with Crippen LogP contribution in [0.15, 0.2) is 18.2 Å². The fourth-order valence-electron chi connectivity index (χ4n) is 2.21. The van der Waals surface area contributed by atoms with E-state index in [0.29, 0.717) is 6.04 Å². The first kappa shape index (κ1) is 10.9. The molecule has 1 atom stereocenters. The molecular formula is C12H17ClN2. The van der Waals surface area contributed by atoms with Gasteiger partial charge in [0, 0.05) is 17.6 Å². The SMILES string of the molecule is CN[C@H]1CCN(C)Cc2ccc(Cl)cc21. The Hall–Kier alpha value is -0.570. The molecule has 1 aromatic rings. The van der Waals surface area contributed by atoms with Crippen LogP contribution in [0.1, 0.15) is 23.6 Å². The van der Waals surface area contributed by atoms with Gasteiger partial charge in [0.25, 0.3) is 0 Å². The quantitative estimate of drug-likeness (QED) is 0.789. The Morgan fingerprint density at radius 3 is 3.00 bits per heavy atom. The predicted molar refractivity (Wildman–Crippen MR) is 64.2 cm³/mol. The zero-order valence-electron chi connectivity index (χ0n) is 9.26. The van der Waals surface area contributed by atoms with Crippen molar-refractivity contribution in [3.63, 3.8) is 0 Å². The molecule has 82 valence electrons. The van der Waals surface area contributed by atoms with E-state index in [4.69, 9.17) is 11.6 Å². The van der Waals surface area contributed by atoms with E-state index in [1.807, 2.05) is 13.1 Å². The van der Waals surface area contributed by atoms with Gasteiger partial charge in [0.1, 0.15) is 0 Å². The van der Waals surface area contributed by atoms with Crippen LogP contribution in [-0.4, -0.2) is 25.5 Å². The first-order valence-electron chi connectivity index (χ1n) is 5.35. The van der Waals surface area contributed by atoms with E-state index < -0.39 is 0 Å². The lowest BCUT2D eigenvalue weighted by atomic mass is 9.99. The van der Waals surface area contributed by atoms with Gasteiger partial charge in [0.15, 0.2) is 0 Å².